The van der Waals surface area contributed by atoms with Crippen LogP contribution in [0.4, 0.5) is 0 Å². The van der Waals surface area contributed by atoms with Gasteiger partial charge in [0.2, 0.25) is 0 Å². The van der Waals surface area contributed by atoms with Crippen molar-refractivity contribution in [2.24, 2.45) is 0 Å². The smallest absolute Gasteiger partial charge is 0.147 e. The number of aryl methyl sites for hydroxylation is 1. The van der Waals surface area contributed by atoms with Crippen molar-refractivity contribution in [1.29, 1.82) is 0 Å². The molecule has 0 atom stereocenters. The average molecular weight is 233 g/mol. The van der Waals surface area contributed by atoms with Crippen LogP contribution in [0.15, 0.2) is 24.3 Å². The van der Waals surface area contributed by atoms with E-state index in [1.54, 1.807) is 11.3 Å². The van der Waals surface area contributed by atoms with E-state index in [-0.39, 0.29) is 0 Å². The van der Waals surface area contributed by atoms with Gasteiger partial charge in [-0.2, -0.15) is 0 Å². The molecule has 16 heavy (non-hydrogen) atoms. The van der Waals surface area contributed by atoms with Gasteiger partial charge in [-0.1, -0.05) is 35.1 Å². The maximum atomic E-state index is 4.22. The lowest BCUT2D eigenvalue weighted by molar-refractivity contribution is 0.779. The van der Waals surface area contributed by atoms with Crippen molar-refractivity contribution in [2.75, 3.05) is 13.6 Å². The van der Waals surface area contributed by atoms with Gasteiger partial charge < -0.3 is 5.32 Å². The molecule has 0 fully saturated rings. The first-order valence-electron chi connectivity index (χ1n) is 5.33. The third kappa shape index (κ3) is 2.65. The minimum atomic E-state index is 0.944. The summed E-state index contributed by atoms with van der Waals surface area (Å²) in [5, 5.41) is 13.6. The van der Waals surface area contributed by atoms with Crippen molar-refractivity contribution >= 4 is 11.3 Å². The summed E-state index contributed by atoms with van der Waals surface area (Å²) in [4.78, 5) is 0. The van der Waals surface area contributed by atoms with Crippen LogP contribution in [0.1, 0.15) is 10.6 Å². The van der Waals surface area contributed by atoms with Crippen LogP contribution in [0.5, 0.6) is 0 Å². The van der Waals surface area contributed by atoms with Crippen LogP contribution >= 0.6 is 11.3 Å². The largest absolute Gasteiger partial charge is 0.319 e. The number of benzene rings is 1. The molecule has 0 spiro atoms. The maximum Gasteiger partial charge on any atom is 0.147 e. The molecule has 1 heterocycles. The fourth-order valence-corrected chi connectivity index (χ4v) is 2.32. The molecule has 0 aliphatic carbocycles. The zero-order valence-electron chi connectivity index (χ0n) is 9.53. The molecule has 0 aliphatic heterocycles. The highest BCUT2D eigenvalue weighted by Gasteiger charge is 2.05. The molecular formula is C12H15N3S. The number of rotatable bonds is 4. The highest BCUT2D eigenvalue weighted by molar-refractivity contribution is 7.14. The molecule has 0 aliphatic rings. The Kier molecular flexibility index (Phi) is 3.64. The Hall–Kier alpha value is -1.26. The summed E-state index contributed by atoms with van der Waals surface area (Å²) in [5.74, 6) is 0. The molecule has 2 rings (SSSR count). The highest BCUT2D eigenvalue weighted by Crippen LogP contribution is 2.24. The van der Waals surface area contributed by atoms with Crippen LogP contribution < -0.4 is 5.32 Å². The quantitative estimate of drug-likeness (QED) is 0.880. The Labute approximate surface area is 99.5 Å². The van der Waals surface area contributed by atoms with Gasteiger partial charge in [-0.3, -0.25) is 0 Å². The number of nitrogens with one attached hydrogen (secondary N) is 1. The Balaban J connectivity index is 2.18. The fraction of sp³-hybridized carbons (Fsp3) is 0.333. The molecule has 0 radical (unpaired) electrons. The summed E-state index contributed by atoms with van der Waals surface area (Å²) in [6.07, 6.45) is 0.944. The third-order valence-electron chi connectivity index (χ3n) is 2.32. The molecule has 84 valence electrons. The van der Waals surface area contributed by atoms with Crippen LogP contribution in [-0.2, 0) is 6.42 Å². The predicted molar refractivity (Wildman–Crippen MR) is 67.7 cm³/mol. The highest BCUT2D eigenvalue weighted by atomic mass is 32.1. The van der Waals surface area contributed by atoms with Gasteiger partial charge in [-0.05, 0) is 20.0 Å². The monoisotopic (exact) mass is 233 g/mol. The Morgan fingerprint density at radius 2 is 2.19 bits per heavy atom. The van der Waals surface area contributed by atoms with E-state index >= 15 is 0 Å². The number of aromatic nitrogens is 2. The van der Waals surface area contributed by atoms with Gasteiger partial charge in [0.05, 0.1) is 0 Å². The van der Waals surface area contributed by atoms with Crippen molar-refractivity contribution in [1.82, 2.24) is 15.5 Å². The molecule has 2 aromatic rings. The second-order valence-corrected chi connectivity index (χ2v) is 4.79. The summed E-state index contributed by atoms with van der Waals surface area (Å²) in [5.41, 5.74) is 2.41. The van der Waals surface area contributed by atoms with E-state index in [2.05, 4.69) is 46.7 Å². The van der Waals surface area contributed by atoms with Crippen molar-refractivity contribution < 1.29 is 0 Å². The lowest BCUT2D eigenvalue weighted by Gasteiger charge is -1.96. The van der Waals surface area contributed by atoms with Gasteiger partial charge in [0.1, 0.15) is 10.0 Å². The van der Waals surface area contributed by atoms with Gasteiger partial charge >= 0.3 is 0 Å². The summed E-state index contributed by atoms with van der Waals surface area (Å²) in [6.45, 7) is 3.04. The maximum absolute atomic E-state index is 4.22. The van der Waals surface area contributed by atoms with Crippen molar-refractivity contribution in [3.8, 4) is 10.6 Å². The molecule has 0 unspecified atom stereocenters. The zero-order chi connectivity index (χ0) is 11.4. The summed E-state index contributed by atoms with van der Waals surface area (Å²) in [7, 11) is 1.95. The van der Waals surface area contributed by atoms with E-state index in [4.69, 9.17) is 0 Å². The van der Waals surface area contributed by atoms with E-state index < -0.39 is 0 Å². The standard InChI is InChI=1S/C12H15N3S/c1-9-4-3-5-10(8-9)12-15-14-11(16-12)6-7-13-2/h3-5,8,13H,6-7H2,1-2H3. The van der Waals surface area contributed by atoms with Gasteiger partial charge in [0.25, 0.3) is 0 Å². The molecule has 4 heteroatoms. The topological polar surface area (TPSA) is 37.8 Å². The molecule has 1 aromatic heterocycles. The average Bonchev–Trinajstić information content (AvgIpc) is 2.75. The number of hydrogen-bond acceptors (Lipinski definition) is 4. The minimum absolute atomic E-state index is 0.944. The number of likely N-dealkylation sites (N-methyl/N-ethyl adjacent to an activating group) is 1. The van der Waals surface area contributed by atoms with E-state index in [9.17, 15) is 0 Å². The molecular weight excluding hydrogens is 218 g/mol. The molecule has 1 N–H and O–H groups in total. The van der Waals surface area contributed by atoms with Gasteiger partial charge in [-0.25, -0.2) is 0 Å². The summed E-state index contributed by atoms with van der Waals surface area (Å²) >= 11 is 1.67. The predicted octanol–water partition coefficient (Wildman–Crippen LogP) is 2.28. The Bertz CT molecular complexity index is 465. The summed E-state index contributed by atoms with van der Waals surface area (Å²) < 4.78 is 0. The number of hydrogen-bond donors (Lipinski definition) is 1. The fourth-order valence-electron chi connectivity index (χ4n) is 1.48. The second kappa shape index (κ2) is 5.18. The van der Waals surface area contributed by atoms with Crippen LogP contribution in [0.2, 0.25) is 0 Å². The third-order valence-corrected chi connectivity index (χ3v) is 3.35. The molecule has 3 nitrogen and oxygen atoms in total. The Morgan fingerprint density at radius 3 is 2.94 bits per heavy atom. The van der Waals surface area contributed by atoms with Gasteiger partial charge in [0.15, 0.2) is 0 Å². The minimum Gasteiger partial charge on any atom is -0.319 e. The zero-order valence-corrected chi connectivity index (χ0v) is 10.3. The van der Waals surface area contributed by atoms with Gasteiger partial charge in [0, 0.05) is 18.5 Å². The van der Waals surface area contributed by atoms with Crippen molar-refractivity contribution in [2.45, 2.75) is 13.3 Å². The molecule has 0 bridgehead atoms. The lowest BCUT2D eigenvalue weighted by Crippen LogP contribution is -2.09. The van der Waals surface area contributed by atoms with Crippen molar-refractivity contribution in [3.63, 3.8) is 0 Å². The molecule has 0 amide bonds. The van der Waals surface area contributed by atoms with Crippen molar-refractivity contribution in [3.05, 3.63) is 34.8 Å². The van der Waals surface area contributed by atoms with E-state index in [1.807, 2.05) is 7.05 Å². The van der Waals surface area contributed by atoms with Crippen LogP contribution in [-0.4, -0.2) is 23.8 Å². The number of nitrogens with zero attached hydrogens (tertiary/aromatic N) is 2. The molecule has 0 saturated carbocycles. The molecule has 0 saturated heterocycles. The van der Waals surface area contributed by atoms with E-state index in [1.165, 1.54) is 5.56 Å². The molecule has 1 aromatic carbocycles. The first-order valence-corrected chi connectivity index (χ1v) is 6.15. The summed E-state index contributed by atoms with van der Waals surface area (Å²) in [6, 6.07) is 8.36. The van der Waals surface area contributed by atoms with E-state index in [0.29, 0.717) is 0 Å². The van der Waals surface area contributed by atoms with Crippen LogP contribution in [0.3, 0.4) is 0 Å². The van der Waals surface area contributed by atoms with Crippen LogP contribution in [0, 0.1) is 6.92 Å². The first kappa shape index (κ1) is 11.2. The SMILES string of the molecule is CNCCc1nnc(-c2cccc(C)c2)s1. The normalized spacial score (nSPS) is 10.6. The second-order valence-electron chi connectivity index (χ2n) is 3.72. The van der Waals surface area contributed by atoms with Gasteiger partial charge in [-0.15, -0.1) is 10.2 Å². The lowest BCUT2D eigenvalue weighted by atomic mass is 10.1. The first-order chi connectivity index (χ1) is 7.79. The van der Waals surface area contributed by atoms with Crippen LogP contribution in [0.25, 0.3) is 10.6 Å². The van der Waals surface area contributed by atoms with E-state index in [0.717, 1.165) is 28.5 Å². The Morgan fingerprint density at radius 1 is 1.31 bits per heavy atom.